The van der Waals surface area contributed by atoms with E-state index in [-0.39, 0.29) is 24.4 Å². The van der Waals surface area contributed by atoms with E-state index < -0.39 is 17.5 Å². The number of rotatable bonds is 3. The Hall–Kier alpha value is -1.11. The summed E-state index contributed by atoms with van der Waals surface area (Å²) in [5, 5.41) is 2.87. The van der Waals surface area contributed by atoms with Gasteiger partial charge >= 0.3 is 6.09 Å². The van der Waals surface area contributed by atoms with Gasteiger partial charge in [0.05, 0.1) is 24.9 Å². The summed E-state index contributed by atoms with van der Waals surface area (Å²) < 4.78 is 22.7. The van der Waals surface area contributed by atoms with Gasteiger partial charge in [0.1, 0.15) is 11.7 Å². The Labute approximate surface area is 132 Å². The van der Waals surface area contributed by atoms with Crippen LogP contribution in [0.4, 0.5) is 4.79 Å². The number of carbonyl (C=O) groups excluding carboxylic acids is 1. The average Bonchev–Trinajstić information content (AvgIpc) is 2.90. The molecule has 126 valence electrons. The highest BCUT2D eigenvalue weighted by Crippen LogP contribution is 2.28. The molecule has 22 heavy (non-hydrogen) atoms. The van der Waals surface area contributed by atoms with Crippen LogP contribution >= 0.6 is 0 Å². The SMILES string of the molecule is C[C@@H]1C=C[C@H]([C@H](NC(=O)OC(C)(C)C)[C@H]2COC(C)(C)O2)O1. The minimum Gasteiger partial charge on any atom is -0.444 e. The number of carbonyl (C=O) groups is 1. The van der Waals surface area contributed by atoms with Crippen LogP contribution in [0.1, 0.15) is 41.5 Å². The van der Waals surface area contributed by atoms with Crippen molar-refractivity contribution in [2.75, 3.05) is 6.61 Å². The second-order valence-corrected chi connectivity index (χ2v) is 7.23. The number of amides is 1. The first-order chi connectivity index (χ1) is 10.1. The fraction of sp³-hybridized carbons (Fsp3) is 0.812. The second-order valence-electron chi connectivity index (χ2n) is 7.23. The highest BCUT2D eigenvalue weighted by Gasteiger charge is 2.42. The van der Waals surface area contributed by atoms with Gasteiger partial charge in [-0.25, -0.2) is 4.79 Å². The maximum absolute atomic E-state index is 12.1. The molecule has 1 amide bonds. The van der Waals surface area contributed by atoms with Gasteiger partial charge < -0.3 is 24.3 Å². The molecule has 1 saturated heterocycles. The Morgan fingerprint density at radius 1 is 1.36 bits per heavy atom. The highest BCUT2D eigenvalue weighted by atomic mass is 16.7. The summed E-state index contributed by atoms with van der Waals surface area (Å²) in [5.74, 6) is -0.660. The van der Waals surface area contributed by atoms with Crippen molar-refractivity contribution in [3.8, 4) is 0 Å². The van der Waals surface area contributed by atoms with Gasteiger partial charge in [0.2, 0.25) is 0 Å². The van der Waals surface area contributed by atoms with E-state index in [1.165, 1.54) is 0 Å². The monoisotopic (exact) mass is 313 g/mol. The lowest BCUT2D eigenvalue weighted by Crippen LogP contribution is -2.53. The molecule has 1 fully saturated rings. The Morgan fingerprint density at radius 3 is 2.50 bits per heavy atom. The fourth-order valence-electron chi connectivity index (χ4n) is 2.53. The predicted octanol–water partition coefficient (Wildman–Crippen LogP) is 2.37. The van der Waals surface area contributed by atoms with Crippen LogP contribution in [0.2, 0.25) is 0 Å². The Balaban J connectivity index is 2.06. The van der Waals surface area contributed by atoms with Crippen LogP contribution in [0.15, 0.2) is 12.2 Å². The molecule has 0 unspecified atom stereocenters. The second kappa shape index (κ2) is 6.18. The van der Waals surface area contributed by atoms with Gasteiger partial charge in [-0.3, -0.25) is 0 Å². The number of hydrogen-bond acceptors (Lipinski definition) is 5. The molecule has 2 rings (SSSR count). The summed E-state index contributed by atoms with van der Waals surface area (Å²) in [6.45, 7) is 11.5. The molecule has 4 atom stereocenters. The summed E-state index contributed by atoms with van der Waals surface area (Å²) in [5.41, 5.74) is -0.555. The maximum atomic E-state index is 12.1. The van der Waals surface area contributed by atoms with Crippen molar-refractivity contribution in [2.24, 2.45) is 0 Å². The molecule has 0 saturated carbocycles. The molecule has 0 aliphatic carbocycles. The van der Waals surface area contributed by atoms with Gasteiger partial charge in [0, 0.05) is 0 Å². The summed E-state index contributed by atoms with van der Waals surface area (Å²) >= 11 is 0. The number of hydrogen-bond donors (Lipinski definition) is 1. The van der Waals surface area contributed by atoms with E-state index in [2.05, 4.69) is 5.32 Å². The third-order valence-corrected chi connectivity index (χ3v) is 3.41. The highest BCUT2D eigenvalue weighted by molar-refractivity contribution is 5.68. The van der Waals surface area contributed by atoms with Crippen LogP contribution in [0, 0.1) is 0 Å². The fourth-order valence-corrected chi connectivity index (χ4v) is 2.53. The minimum atomic E-state index is -0.660. The van der Waals surface area contributed by atoms with Gasteiger partial charge in [-0.15, -0.1) is 0 Å². The Bertz CT molecular complexity index is 440. The molecule has 0 aromatic rings. The lowest BCUT2D eigenvalue weighted by molar-refractivity contribution is -0.145. The van der Waals surface area contributed by atoms with Gasteiger partial charge in [-0.1, -0.05) is 12.2 Å². The molecule has 0 aromatic heterocycles. The van der Waals surface area contributed by atoms with Crippen molar-refractivity contribution in [1.82, 2.24) is 5.32 Å². The van der Waals surface area contributed by atoms with E-state index in [0.717, 1.165) is 0 Å². The summed E-state index contributed by atoms with van der Waals surface area (Å²) in [4.78, 5) is 12.1. The van der Waals surface area contributed by atoms with E-state index in [0.29, 0.717) is 6.61 Å². The van der Waals surface area contributed by atoms with Crippen molar-refractivity contribution in [1.29, 1.82) is 0 Å². The molecular formula is C16H27NO5. The van der Waals surface area contributed by atoms with Crippen molar-refractivity contribution in [3.63, 3.8) is 0 Å². The summed E-state index contributed by atoms with van der Waals surface area (Å²) in [7, 11) is 0. The topological polar surface area (TPSA) is 66.0 Å². The van der Waals surface area contributed by atoms with Gasteiger partial charge in [-0.05, 0) is 41.5 Å². The average molecular weight is 313 g/mol. The van der Waals surface area contributed by atoms with E-state index in [4.69, 9.17) is 18.9 Å². The third-order valence-electron chi connectivity index (χ3n) is 3.41. The van der Waals surface area contributed by atoms with Crippen molar-refractivity contribution < 1.29 is 23.7 Å². The molecule has 0 bridgehead atoms. The normalized spacial score (nSPS) is 32.0. The third kappa shape index (κ3) is 4.69. The van der Waals surface area contributed by atoms with E-state index >= 15 is 0 Å². The minimum absolute atomic E-state index is 0.0169. The summed E-state index contributed by atoms with van der Waals surface area (Å²) in [6.07, 6.45) is 2.90. The lowest BCUT2D eigenvalue weighted by atomic mass is 10.1. The largest absolute Gasteiger partial charge is 0.444 e. The van der Waals surface area contributed by atoms with Crippen LogP contribution in [-0.2, 0) is 18.9 Å². The first-order valence-electron chi connectivity index (χ1n) is 7.71. The quantitative estimate of drug-likeness (QED) is 0.810. The molecule has 0 aromatic carbocycles. The molecule has 2 aliphatic heterocycles. The number of nitrogens with one attached hydrogen (secondary N) is 1. The smallest absolute Gasteiger partial charge is 0.408 e. The zero-order valence-electron chi connectivity index (χ0n) is 14.2. The van der Waals surface area contributed by atoms with Crippen LogP contribution in [-0.4, -0.2) is 48.4 Å². The molecule has 2 aliphatic rings. The van der Waals surface area contributed by atoms with Crippen LogP contribution in [0.5, 0.6) is 0 Å². The zero-order valence-corrected chi connectivity index (χ0v) is 14.2. The standard InChI is InChI=1S/C16H27NO5/c1-10-7-8-11(20-10)13(12-9-19-16(5,6)21-12)17-14(18)22-15(2,3)4/h7-8,10-13H,9H2,1-6H3,(H,17,18)/t10-,11-,12-,13+/m1/s1. The maximum Gasteiger partial charge on any atom is 0.408 e. The van der Waals surface area contributed by atoms with E-state index in [1.54, 1.807) is 0 Å². The van der Waals surface area contributed by atoms with E-state index in [9.17, 15) is 4.79 Å². The van der Waals surface area contributed by atoms with Crippen molar-refractivity contribution in [2.45, 2.75) is 77.3 Å². The molecule has 2 heterocycles. The Kier molecular flexibility index (Phi) is 4.84. The predicted molar refractivity (Wildman–Crippen MR) is 81.5 cm³/mol. The zero-order chi connectivity index (χ0) is 16.5. The molecule has 0 radical (unpaired) electrons. The van der Waals surface area contributed by atoms with Crippen LogP contribution < -0.4 is 5.32 Å². The Morgan fingerprint density at radius 2 is 2.05 bits per heavy atom. The molecule has 1 N–H and O–H groups in total. The number of ether oxygens (including phenoxy) is 4. The lowest BCUT2D eigenvalue weighted by Gasteiger charge is -2.30. The van der Waals surface area contributed by atoms with Gasteiger partial charge in [0.15, 0.2) is 5.79 Å². The van der Waals surface area contributed by atoms with Crippen LogP contribution in [0.25, 0.3) is 0 Å². The summed E-state index contributed by atoms with van der Waals surface area (Å²) in [6, 6.07) is -0.363. The first-order valence-corrected chi connectivity index (χ1v) is 7.71. The molecular weight excluding hydrogens is 286 g/mol. The first kappa shape index (κ1) is 17.2. The van der Waals surface area contributed by atoms with Gasteiger partial charge in [0.25, 0.3) is 0 Å². The van der Waals surface area contributed by atoms with Crippen molar-refractivity contribution >= 4 is 6.09 Å². The van der Waals surface area contributed by atoms with Gasteiger partial charge in [-0.2, -0.15) is 0 Å². The van der Waals surface area contributed by atoms with Crippen LogP contribution in [0.3, 0.4) is 0 Å². The molecule has 6 heteroatoms. The number of alkyl carbamates (subject to hydrolysis) is 1. The van der Waals surface area contributed by atoms with Crippen molar-refractivity contribution in [3.05, 3.63) is 12.2 Å². The van der Waals surface area contributed by atoms with E-state index in [1.807, 2.05) is 53.7 Å². The molecule has 6 nitrogen and oxygen atoms in total. The molecule has 0 spiro atoms.